The quantitative estimate of drug-likeness (QED) is 0.708. The lowest BCUT2D eigenvalue weighted by molar-refractivity contribution is 0.0945. The van der Waals surface area contributed by atoms with Crippen molar-refractivity contribution in [3.05, 3.63) is 32.2 Å². The minimum atomic E-state index is -0.337. The van der Waals surface area contributed by atoms with E-state index in [2.05, 4.69) is 26.2 Å². The van der Waals surface area contributed by atoms with Crippen molar-refractivity contribution in [3.63, 3.8) is 0 Å². The number of halogens is 1. The van der Waals surface area contributed by atoms with Gasteiger partial charge in [-0.3, -0.25) is 9.59 Å². The van der Waals surface area contributed by atoms with Crippen LogP contribution in [-0.4, -0.2) is 29.1 Å². The number of carbonyl (C=O) groups is 1. The lowest BCUT2D eigenvalue weighted by atomic mass is 10.2. The van der Waals surface area contributed by atoms with Gasteiger partial charge in [0.25, 0.3) is 11.5 Å². The molecule has 0 aromatic carbocycles. The van der Waals surface area contributed by atoms with Gasteiger partial charge in [-0.05, 0) is 40.9 Å². The maximum Gasteiger partial charge on any atom is 0.268 e. The van der Waals surface area contributed by atoms with Crippen LogP contribution in [0.2, 0.25) is 0 Å². The van der Waals surface area contributed by atoms with E-state index in [9.17, 15) is 9.59 Å². The number of carbonyl (C=O) groups excluding carboxylic acids is 1. The number of aromatic nitrogens is 1. The highest BCUT2D eigenvalue weighted by molar-refractivity contribution is 9.10. The smallest absolute Gasteiger partial charge is 0.268 e. The SMILES string of the molecule is Cc1cc(Br)c(=O)[nH]c1C(=O)NCCCO. The summed E-state index contributed by atoms with van der Waals surface area (Å²) in [7, 11) is 0. The van der Waals surface area contributed by atoms with Crippen molar-refractivity contribution >= 4 is 21.8 Å². The number of aryl methyl sites for hydroxylation is 1. The van der Waals surface area contributed by atoms with E-state index in [1.807, 2.05) is 0 Å². The van der Waals surface area contributed by atoms with Gasteiger partial charge in [0, 0.05) is 13.2 Å². The average Bonchev–Trinajstić information content (AvgIpc) is 2.23. The molecule has 0 bridgehead atoms. The summed E-state index contributed by atoms with van der Waals surface area (Å²) < 4.78 is 0.400. The number of pyridine rings is 1. The number of aliphatic hydroxyl groups is 1. The van der Waals surface area contributed by atoms with E-state index in [4.69, 9.17) is 5.11 Å². The molecule has 88 valence electrons. The van der Waals surface area contributed by atoms with Gasteiger partial charge in [-0.15, -0.1) is 0 Å². The zero-order valence-electron chi connectivity index (χ0n) is 8.84. The molecule has 0 spiro atoms. The van der Waals surface area contributed by atoms with Crippen LogP contribution in [0.1, 0.15) is 22.5 Å². The lowest BCUT2D eigenvalue weighted by Crippen LogP contribution is -2.28. The monoisotopic (exact) mass is 288 g/mol. The van der Waals surface area contributed by atoms with Gasteiger partial charge in [-0.25, -0.2) is 0 Å². The Hall–Kier alpha value is -1.14. The minimum absolute atomic E-state index is 0.0239. The predicted molar refractivity (Wildman–Crippen MR) is 63.5 cm³/mol. The van der Waals surface area contributed by atoms with Crippen molar-refractivity contribution in [2.24, 2.45) is 0 Å². The molecule has 1 rings (SSSR count). The molecule has 16 heavy (non-hydrogen) atoms. The first-order valence-electron chi connectivity index (χ1n) is 4.84. The number of hydrogen-bond donors (Lipinski definition) is 3. The topological polar surface area (TPSA) is 82.2 Å². The molecular formula is C10H13BrN2O3. The largest absolute Gasteiger partial charge is 0.396 e. The Morgan fingerprint density at radius 3 is 2.94 bits per heavy atom. The molecule has 0 fully saturated rings. The van der Waals surface area contributed by atoms with Gasteiger partial charge in [0.2, 0.25) is 0 Å². The Bertz CT molecular complexity index is 442. The molecule has 5 nitrogen and oxygen atoms in total. The molecule has 0 aliphatic carbocycles. The summed E-state index contributed by atoms with van der Waals surface area (Å²) in [5, 5.41) is 11.2. The van der Waals surface area contributed by atoms with E-state index in [1.165, 1.54) is 0 Å². The van der Waals surface area contributed by atoms with Crippen LogP contribution in [0.5, 0.6) is 0 Å². The number of aliphatic hydroxyl groups excluding tert-OH is 1. The van der Waals surface area contributed by atoms with Crippen molar-refractivity contribution in [2.45, 2.75) is 13.3 Å². The van der Waals surface area contributed by atoms with Gasteiger partial charge in [-0.1, -0.05) is 0 Å². The number of aromatic amines is 1. The van der Waals surface area contributed by atoms with Gasteiger partial charge in [0.1, 0.15) is 5.69 Å². The molecule has 3 N–H and O–H groups in total. The molecule has 0 unspecified atom stereocenters. The fourth-order valence-electron chi connectivity index (χ4n) is 1.20. The van der Waals surface area contributed by atoms with Gasteiger partial charge >= 0.3 is 0 Å². The van der Waals surface area contributed by atoms with Crippen molar-refractivity contribution in [3.8, 4) is 0 Å². The summed E-state index contributed by atoms with van der Waals surface area (Å²) in [5.41, 5.74) is 0.608. The highest BCUT2D eigenvalue weighted by Gasteiger charge is 2.10. The van der Waals surface area contributed by atoms with Crippen LogP contribution in [0.4, 0.5) is 0 Å². The normalized spacial score (nSPS) is 10.2. The molecule has 0 aliphatic heterocycles. The number of hydrogen-bond acceptors (Lipinski definition) is 3. The van der Waals surface area contributed by atoms with Crippen LogP contribution in [0.25, 0.3) is 0 Å². The Labute approximate surface area is 101 Å². The third-order valence-corrected chi connectivity index (χ3v) is 2.63. The Morgan fingerprint density at radius 1 is 1.62 bits per heavy atom. The van der Waals surface area contributed by atoms with Crippen LogP contribution in [0.3, 0.4) is 0 Å². The van der Waals surface area contributed by atoms with Gasteiger partial charge in [0.15, 0.2) is 0 Å². The molecule has 1 amide bonds. The Morgan fingerprint density at radius 2 is 2.31 bits per heavy atom. The van der Waals surface area contributed by atoms with Crippen LogP contribution in [0.15, 0.2) is 15.3 Å². The highest BCUT2D eigenvalue weighted by atomic mass is 79.9. The van der Waals surface area contributed by atoms with Crippen molar-refractivity contribution < 1.29 is 9.90 Å². The zero-order valence-corrected chi connectivity index (χ0v) is 10.4. The zero-order chi connectivity index (χ0) is 12.1. The fourth-order valence-corrected chi connectivity index (χ4v) is 1.65. The third-order valence-electron chi connectivity index (χ3n) is 2.04. The van der Waals surface area contributed by atoms with Gasteiger partial charge in [0.05, 0.1) is 4.47 Å². The number of rotatable bonds is 4. The summed E-state index contributed by atoms with van der Waals surface area (Å²) in [6, 6.07) is 1.60. The predicted octanol–water partition coefficient (Wildman–Crippen LogP) is 0.558. The fraction of sp³-hybridized carbons (Fsp3) is 0.400. The number of H-pyrrole nitrogens is 1. The molecule has 0 radical (unpaired) electrons. The summed E-state index contributed by atoms with van der Waals surface area (Å²) in [5.74, 6) is -0.337. The molecule has 1 aromatic rings. The van der Waals surface area contributed by atoms with Crippen molar-refractivity contribution in [1.29, 1.82) is 0 Å². The number of amides is 1. The average molecular weight is 289 g/mol. The van der Waals surface area contributed by atoms with Crippen molar-refractivity contribution in [1.82, 2.24) is 10.3 Å². The van der Waals surface area contributed by atoms with E-state index >= 15 is 0 Å². The summed E-state index contributed by atoms with van der Waals surface area (Å²) >= 11 is 3.08. The standard InChI is InChI=1S/C10H13BrN2O3/c1-6-5-7(11)9(15)13-8(6)10(16)12-3-2-4-14/h5,14H,2-4H2,1H3,(H,12,16)(H,13,15). The van der Waals surface area contributed by atoms with E-state index in [0.29, 0.717) is 23.0 Å². The first-order chi connectivity index (χ1) is 7.56. The minimum Gasteiger partial charge on any atom is -0.396 e. The first kappa shape index (κ1) is 12.9. The molecule has 6 heteroatoms. The van der Waals surface area contributed by atoms with Crippen LogP contribution < -0.4 is 10.9 Å². The van der Waals surface area contributed by atoms with Gasteiger partial charge in [-0.2, -0.15) is 0 Å². The molecule has 0 saturated heterocycles. The highest BCUT2D eigenvalue weighted by Crippen LogP contribution is 2.08. The summed E-state index contributed by atoms with van der Waals surface area (Å²) in [4.78, 5) is 25.4. The molecule has 0 aliphatic rings. The summed E-state index contributed by atoms with van der Waals surface area (Å²) in [6.07, 6.45) is 0.492. The second kappa shape index (κ2) is 5.81. The van der Waals surface area contributed by atoms with E-state index < -0.39 is 0 Å². The Balaban J connectivity index is 2.83. The second-order valence-electron chi connectivity index (χ2n) is 3.34. The van der Waals surface area contributed by atoms with Crippen LogP contribution in [0, 0.1) is 6.92 Å². The van der Waals surface area contributed by atoms with Crippen molar-refractivity contribution in [2.75, 3.05) is 13.2 Å². The molecular weight excluding hydrogens is 276 g/mol. The maximum absolute atomic E-state index is 11.6. The lowest BCUT2D eigenvalue weighted by Gasteiger charge is -2.06. The van der Waals surface area contributed by atoms with Gasteiger partial charge < -0.3 is 15.4 Å². The van der Waals surface area contributed by atoms with E-state index in [-0.39, 0.29) is 23.8 Å². The molecule has 0 atom stereocenters. The third kappa shape index (κ3) is 3.18. The molecule has 1 aromatic heterocycles. The van der Waals surface area contributed by atoms with E-state index in [1.54, 1.807) is 13.0 Å². The molecule has 1 heterocycles. The van der Waals surface area contributed by atoms with E-state index in [0.717, 1.165) is 0 Å². The van der Waals surface area contributed by atoms with Crippen LogP contribution >= 0.6 is 15.9 Å². The summed E-state index contributed by atoms with van der Waals surface area (Å²) in [6.45, 7) is 2.14. The second-order valence-corrected chi connectivity index (χ2v) is 4.19. The number of nitrogens with one attached hydrogen (secondary N) is 2. The molecule has 0 saturated carbocycles. The maximum atomic E-state index is 11.6. The van der Waals surface area contributed by atoms with Crippen LogP contribution in [-0.2, 0) is 0 Å². The Kier molecular flexibility index (Phi) is 4.70. The first-order valence-corrected chi connectivity index (χ1v) is 5.64.